The zero-order valence-corrected chi connectivity index (χ0v) is 24.8. The van der Waals surface area contributed by atoms with Crippen molar-refractivity contribution in [3.63, 3.8) is 0 Å². The molecule has 4 aliphatic rings. The summed E-state index contributed by atoms with van der Waals surface area (Å²) in [6, 6.07) is 12.3. The summed E-state index contributed by atoms with van der Waals surface area (Å²) in [4.78, 5) is 60.1. The molecular weight excluding hydrogens is 570 g/mol. The van der Waals surface area contributed by atoms with Gasteiger partial charge in [-0.1, -0.05) is 12.1 Å². The van der Waals surface area contributed by atoms with Gasteiger partial charge in [-0.3, -0.25) is 34.4 Å². The number of rotatable bonds is 11. The summed E-state index contributed by atoms with van der Waals surface area (Å²) in [5.74, 6) is -1.08. The van der Waals surface area contributed by atoms with Crippen molar-refractivity contribution in [3.05, 3.63) is 71.7 Å². The van der Waals surface area contributed by atoms with Crippen molar-refractivity contribution >= 4 is 51.6 Å². The number of anilines is 1. The lowest BCUT2D eigenvalue weighted by Crippen LogP contribution is -2.54. The number of carbonyl (C=O) groups is 4. The smallest absolute Gasteiger partial charge is 0.262 e. The van der Waals surface area contributed by atoms with Crippen molar-refractivity contribution in [3.8, 4) is 0 Å². The third-order valence-electron chi connectivity index (χ3n) is 9.26. The molecule has 4 N–H and O–H groups in total. The van der Waals surface area contributed by atoms with Crippen molar-refractivity contribution in [2.75, 3.05) is 11.9 Å². The average molecular weight is 606 g/mol. The van der Waals surface area contributed by atoms with E-state index in [-0.39, 0.29) is 24.0 Å². The highest BCUT2D eigenvalue weighted by molar-refractivity contribution is 6.24. The van der Waals surface area contributed by atoms with E-state index in [1.165, 1.54) is 0 Å². The molecule has 1 aromatic heterocycles. The van der Waals surface area contributed by atoms with E-state index >= 15 is 0 Å². The number of hydrogen-bond acceptors (Lipinski definition) is 9. The van der Waals surface area contributed by atoms with Crippen molar-refractivity contribution in [2.24, 2.45) is 11.8 Å². The fourth-order valence-electron chi connectivity index (χ4n) is 6.48. The molecule has 45 heavy (non-hydrogen) atoms. The molecule has 3 fully saturated rings. The van der Waals surface area contributed by atoms with Gasteiger partial charge < -0.3 is 16.0 Å². The van der Waals surface area contributed by atoms with Crippen LogP contribution in [0.3, 0.4) is 0 Å². The van der Waals surface area contributed by atoms with Crippen molar-refractivity contribution < 1.29 is 19.2 Å². The fourth-order valence-corrected chi connectivity index (χ4v) is 6.48. The van der Waals surface area contributed by atoms with Crippen LogP contribution in [0.5, 0.6) is 0 Å². The van der Waals surface area contributed by atoms with Crippen LogP contribution in [0.15, 0.2) is 54.9 Å². The minimum absolute atomic E-state index is 0.0950. The average Bonchev–Trinajstić information content (AvgIpc) is 3.84. The third-order valence-corrected chi connectivity index (χ3v) is 9.26. The number of fused-ring (bicyclic) bond motifs is 2. The van der Waals surface area contributed by atoms with Crippen LogP contribution in [0.1, 0.15) is 77.8 Å². The maximum absolute atomic E-state index is 13.1. The number of benzene rings is 2. The zero-order chi connectivity index (χ0) is 31.1. The van der Waals surface area contributed by atoms with Gasteiger partial charge >= 0.3 is 0 Å². The van der Waals surface area contributed by atoms with Crippen LogP contribution in [0.4, 0.5) is 5.69 Å². The predicted molar refractivity (Wildman–Crippen MR) is 168 cm³/mol. The number of aromatic nitrogens is 2. The highest BCUT2D eigenvalue weighted by Gasteiger charge is 2.44. The van der Waals surface area contributed by atoms with E-state index in [4.69, 9.17) is 10.4 Å². The van der Waals surface area contributed by atoms with E-state index in [0.717, 1.165) is 78.0 Å². The normalized spacial score (nSPS) is 23.1. The monoisotopic (exact) mass is 605 g/mol. The first-order valence-electron chi connectivity index (χ1n) is 15.7. The van der Waals surface area contributed by atoms with Crippen LogP contribution in [0.2, 0.25) is 0 Å². The van der Waals surface area contributed by atoms with Crippen molar-refractivity contribution in [2.45, 2.75) is 63.5 Å². The van der Waals surface area contributed by atoms with Gasteiger partial charge in [0, 0.05) is 48.1 Å². The first-order valence-corrected chi connectivity index (χ1v) is 15.7. The Morgan fingerprint density at radius 1 is 1.00 bits per heavy atom. The minimum Gasteiger partial charge on any atom is -0.388 e. The van der Waals surface area contributed by atoms with Crippen molar-refractivity contribution in [1.82, 2.24) is 25.5 Å². The molecule has 11 heteroatoms. The molecule has 1 saturated heterocycles. The predicted octanol–water partition coefficient (Wildman–Crippen LogP) is 4.06. The summed E-state index contributed by atoms with van der Waals surface area (Å²) in [6.07, 6.45) is 10.2. The molecule has 11 nitrogen and oxygen atoms in total. The van der Waals surface area contributed by atoms with Crippen LogP contribution in [0.25, 0.3) is 16.6 Å². The quantitative estimate of drug-likeness (QED) is 0.145. The minimum atomic E-state index is -0.966. The Kier molecular flexibility index (Phi) is 7.60. The second kappa shape index (κ2) is 11.9. The zero-order valence-electron chi connectivity index (χ0n) is 24.8. The highest BCUT2D eigenvalue weighted by atomic mass is 16.2. The Morgan fingerprint density at radius 3 is 2.56 bits per heavy atom. The number of hydrogen-bond donors (Lipinski definition) is 4. The molecule has 2 saturated carbocycles. The summed E-state index contributed by atoms with van der Waals surface area (Å²) >= 11 is 0. The van der Waals surface area contributed by atoms with Gasteiger partial charge in [-0.2, -0.15) is 0 Å². The van der Waals surface area contributed by atoms with Gasteiger partial charge in [0.1, 0.15) is 6.04 Å². The Labute approximate surface area is 260 Å². The summed E-state index contributed by atoms with van der Waals surface area (Å²) < 4.78 is 0. The van der Waals surface area contributed by atoms with Gasteiger partial charge in [-0.25, -0.2) is 4.98 Å². The number of nitrogens with one attached hydrogen (secondary N) is 4. The standard InChI is InChI=1S/C34H35N7O4/c35-31(20-7-8-20)25(28-18-38-26-5-1-2-6-27(26)39-28)17-37-22-14-19(15-22)4-3-13-36-21-9-10-23-24(16-21)34(45)41(33(23)44)29-11-12-30(42)40-32(29)43/h1-2,5-6,9-10,16-20,22,29,35-37H,3-4,7-8,11-15H2,(H,40,42,43)/b25-17-,35-31?. The molecule has 1 unspecified atom stereocenters. The fraction of sp³-hybridized carbons (Fsp3) is 0.382. The number of nitrogens with zero attached hydrogens (tertiary/aromatic N) is 3. The SMILES string of the molecule is N=C(/C(=C\NC1CC(CCCNc2ccc3c(c2)C(=O)N(C2CCC(=O)NC2=O)C3=O)C1)c1cnc2ccccc2n1)C1CC1. The Bertz CT molecular complexity index is 1760. The van der Waals surface area contributed by atoms with E-state index in [1.807, 2.05) is 30.5 Å². The molecule has 0 radical (unpaired) electrons. The maximum Gasteiger partial charge on any atom is 0.262 e. The Morgan fingerprint density at radius 2 is 1.78 bits per heavy atom. The van der Waals surface area contributed by atoms with Crippen LogP contribution >= 0.6 is 0 Å². The van der Waals surface area contributed by atoms with Gasteiger partial charge in [0.15, 0.2) is 0 Å². The van der Waals surface area contributed by atoms with E-state index in [0.29, 0.717) is 23.6 Å². The topological polar surface area (TPSA) is 157 Å². The molecule has 230 valence electrons. The number of amides is 4. The highest BCUT2D eigenvalue weighted by Crippen LogP contribution is 2.36. The number of carbonyl (C=O) groups excluding carboxylic acids is 4. The molecule has 4 amide bonds. The number of imide groups is 2. The Hall–Kier alpha value is -4.93. The largest absolute Gasteiger partial charge is 0.388 e. The number of allylic oxidation sites excluding steroid dienone is 1. The summed E-state index contributed by atoms with van der Waals surface area (Å²) in [6.45, 7) is 0.732. The van der Waals surface area contributed by atoms with Crippen LogP contribution in [0, 0.1) is 17.2 Å². The molecule has 1 atom stereocenters. The second-order valence-electron chi connectivity index (χ2n) is 12.5. The second-order valence-corrected chi connectivity index (χ2v) is 12.5. The molecule has 2 aliphatic heterocycles. The van der Waals surface area contributed by atoms with E-state index in [1.54, 1.807) is 24.4 Å². The first-order chi connectivity index (χ1) is 21.9. The van der Waals surface area contributed by atoms with Gasteiger partial charge in [0.05, 0.1) is 34.1 Å². The lowest BCUT2D eigenvalue weighted by atomic mass is 9.77. The van der Waals surface area contributed by atoms with Gasteiger partial charge in [0.25, 0.3) is 11.8 Å². The van der Waals surface area contributed by atoms with E-state index in [2.05, 4.69) is 20.9 Å². The molecule has 2 aromatic carbocycles. The van der Waals surface area contributed by atoms with Crippen molar-refractivity contribution in [1.29, 1.82) is 5.41 Å². The summed E-state index contributed by atoms with van der Waals surface area (Å²) in [7, 11) is 0. The maximum atomic E-state index is 13.1. The van der Waals surface area contributed by atoms with E-state index in [9.17, 15) is 19.2 Å². The van der Waals surface area contributed by atoms with Crippen LogP contribution in [-0.2, 0) is 9.59 Å². The van der Waals surface area contributed by atoms with Gasteiger partial charge in [-0.05, 0) is 81.2 Å². The molecule has 2 aliphatic carbocycles. The van der Waals surface area contributed by atoms with E-state index < -0.39 is 29.7 Å². The third kappa shape index (κ3) is 5.82. The molecule has 0 spiro atoms. The molecule has 3 aromatic rings. The van der Waals surface area contributed by atoms with Gasteiger partial charge in [0.2, 0.25) is 11.8 Å². The Balaban J connectivity index is 0.889. The molecule has 0 bridgehead atoms. The van der Waals surface area contributed by atoms with Gasteiger partial charge in [-0.15, -0.1) is 0 Å². The lowest BCUT2D eigenvalue weighted by molar-refractivity contribution is -0.136. The van der Waals surface area contributed by atoms with Crippen LogP contribution in [-0.4, -0.2) is 62.8 Å². The number of piperidine rings is 1. The lowest BCUT2D eigenvalue weighted by Gasteiger charge is -2.36. The molecular formula is C34H35N7O4. The number of para-hydroxylation sites is 2. The first kappa shape index (κ1) is 28.8. The molecule has 7 rings (SSSR count). The summed E-state index contributed by atoms with van der Waals surface area (Å²) in [5.41, 5.74) is 5.19. The molecule has 3 heterocycles. The summed E-state index contributed by atoms with van der Waals surface area (Å²) in [5, 5.41) is 17.9. The van der Waals surface area contributed by atoms with Crippen LogP contribution < -0.4 is 16.0 Å².